The van der Waals surface area contributed by atoms with Crippen LogP contribution in [-0.4, -0.2) is 58.6 Å². The Balaban J connectivity index is 1.79. The molecule has 6 nitrogen and oxygen atoms in total. The van der Waals surface area contributed by atoms with E-state index in [1.165, 1.54) is 0 Å². The standard InChI is InChI=1S/C16H22O6/c1-17-13-12-11(21-16(19-3)14(13)18-2)9-20-15(22-12)10-7-5-4-6-8-10/h4-8,11-16H,9H2,1-3H3. The van der Waals surface area contributed by atoms with Crippen LogP contribution in [0.2, 0.25) is 0 Å². The van der Waals surface area contributed by atoms with Gasteiger partial charge in [-0.05, 0) is 0 Å². The van der Waals surface area contributed by atoms with E-state index in [1.54, 1.807) is 21.3 Å². The Bertz CT molecular complexity index is 467. The molecule has 0 aliphatic carbocycles. The van der Waals surface area contributed by atoms with Gasteiger partial charge in [0.05, 0.1) is 6.61 Å². The topological polar surface area (TPSA) is 55.4 Å². The minimum absolute atomic E-state index is 0.249. The molecular formula is C16H22O6. The predicted molar refractivity (Wildman–Crippen MR) is 77.3 cm³/mol. The fourth-order valence-corrected chi connectivity index (χ4v) is 3.03. The third-order valence-corrected chi connectivity index (χ3v) is 4.13. The van der Waals surface area contributed by atoms with Crippen molar-refractivity contribution in [3.05, 3.63) is 35.9 Å². The monoisotopic (exact) mass is 310 g/mol. The minimum Gasteiger partial charge on any atom is -0.376 e. The summed E-state index contributed by atoms with van der Waals surface area (Å²) in [5.74, 6) is 0. The van der Waals surface area contributed by atoms with Crippen molar-refractivity contribution in [3.63, 3.8) is 0 Å². The Kier molecular flexibility index (Phi) is 5.07. The molecule has 0 aromatic heterocycles. The van der Waals surface area contributed by atoms with Crippen molar-refractivity contribution in [2.24, 2.45) is 0 Å². The van der Waals surface area contributed by atoms with Crippen LogP contribution >= 0.6 is 0 Å². The molecule has 0 radical (unpaired) electrons. The summed E-state index contributed by atoms with van der Waals surface area (Å²) in [7, 11) is 4.84. The number of rotatable bonds is 4. The molecule has 0 N–H and O–H groups in total. The van der Waals surface area contributed by atoms with Crippen LogP contribution in [0.5, 0.6) is 0 Å². The van der Waals surface area contributed by atoms with Crippen LogP contribution in [0.1, 0.15) is 11.9 Å². The Morgan fingerprint density at radius 3 is 2.27 bits per heavy atom. The molecule has 2 fully saturated rings. The predicted octanol–water partition coefficient (Wildman–Crippen LogP) is 1.50. The summed E-state index contributed by atoms with van der Waals surface area (Å²) < 4.78 is 34.2. The number of methoxy groups -OCH3 is 3. The molecule has 6 heteroatoms. The van der Waals surface area contributed by atoms with Gasteiger partial charge < -0.3 is 28.4 Å². The number of hydrogen-bond acceptors (Lipinski definition) is 6. The van der Waals surface area contributed by atoms with E-state index in [1.807, 2.05) is 30.3 Å². The summed E-state index contributed by atoms with van der Waals surface area (Å²) in [6.07, 6.45) is -2.10. The smallest absolute Gasteiger partial charge is 0.186 e. The summed E-state index contributed by atoms with van der Waals surface area (Å²) >= 11 is 0. The summed E-state index contributed by atoms with van der Waals surface area (Å²) in [5.41, 5.74) is 0.971. The van der Waals surface area contributed by atoms with Crippen LogP contribution in [-0.2, 0) is 28.4 Å². The van der Waals surface area contributed by atoms with Crippen molar-refractivity contribution in [1.29, 1.82) is 0 Å². The van der Waals surface area contributed by atoms with E-state index in [0.717, 1.165) is 5.56 Å². The molecule has 2 heterocycles. The zero-order chi connectivity index (χ0) is 15.5. The van der Waals surface area contributed by atoms with E-state index in [9.17, 15) is 0 Å². The van der Waals surface area contributed by atoms with Gasteiger partial charge in [0.15, 0.2) is 12.6 Å². The van der Waals surface area contributed by atoms with Crippen molar-refractivity contribution >= 4 is 0 Å². The van der Waals surface area contributed by atoms with Crippen molar-refractivity contribution < 1.29 is 28.4 Å². The molecular weight excluding hydrogens is 288 g/mol. The number of benzene rings is 1. The minimum atomic E-state index is -0.503. The van der Waals surface area contributed by atoms with Crippen molar-refractivity contribution in [2.75, 3.05) is 27.9 Å². The Morgan fingerprint density at radius 1 is 0.909 bits per heavy atom. The molecule has 2 aliphatic heterocycles. The average Bonchev–Trinajstić information content (AvgIpc) is 2.60. The first-order valence-corrected chi connectivity index (χ1v) is 7.34. The molecule has 1 aromatic carbocycles. The lowest BCUT2D eigenvalue weighted by Gasteiger charge is -2.48. The first-order valence-electron chi connectivity index (χ1n) is 7.34. The second-order valence-electron chi connectivity index (χ2n) is 5.36. The van der Waals surface area contributed by atoms with Crippen LogP contribution in [0.3, 0.4) is 0 Å². The summed E-state index contributed by atoms with van der Waals surface area (Å²) in [4.78, 5) is 0. The van der Waals surface area contributed by atoms with Gasteiger partial charge in [-0.15, -0.1) is 0 Å². The molecule has 0 spiro atoms. The fourth-order valence-electron chi connectivity index (χ4n) is 3.03. The van der Waals surface area contributed by atoms with Crippen LogP contribution in [0.25, 0.3) is 0 Å². The molecule has 3 rings (SSSR count). The highest BCUT2D eigenvalue weighted by Crippen LogP contribution is 2.35. The molecule has 0 amide bonds. The molecule has 22 heavy (non-hydrogen) atoms. The summed E-state index contributed by atoms with van der Waals surface area (Å²) in [6, 6.07) is 9.82. The molecule has 122 valence electrons. The van der Waals surface area contributed by atoms with Crippen LogP contribution in [0, 0.1) is 0 Å². The highest BCUT2D eigenvalue weighted by Gasteiger charge is 2.50. The zero-order valence-corrected chi connectivity index (χ0v) is 13.0. The van der Waals surface area contributed by atoms with Gasteiger partial charge in [0, 0.05) is 26.9 Å². The lowest BCUT2D eigenvalue weighted by molar-refractivity contribution is -0.363. The lowest BCUT2D eigenvalue weighted by atomic mass is 9.97. The Labute approximate surface area is 130 Å². The Hall–Kier alpha value is -1.02. The van der Waals surface area contributed by atoms with Crippen molar-refractivity contribution in [2.45, 2.75) is 37.0 Å². The van der Waals surface area contributed by atoms with Crippen LogP contribution < -0.4 is 0 Å². The number of ether oxygens (including phenoxy) is 6. The van der Waals surface area contributed by atoms with Gasteiger partial charge in [0.25, 0.3) is 0 Å². The van der Waals surface area contributed by atoms with Crippen LogP contribution in [0.4, 0.5) is 0 Å². The third kappa shape index (κ3) is 2.90. The number of hydrogen-bond donors (Lipinski definition) is 0. The third-order valence-electron chi connectivity index (χ3n) is 4.13. The SMILES string of the molecule is COC1OC2COC(c3ccccc3)OC2C(OC)C1OC. The normalized spacial score (nSPS) is 38.5. The maximum absolute atomic E-state index is 6.10. The van der Waals surface area contributed by atoms with Crippen molar-refractivity contribution in [3.8, 4) is 0 Å². The molecule has 6 unspecified atom stereocenters. The molecule has 0 bridgehead atoms. The lowest BCUT2D eigenvalue weighted by Crippen LogP contribution is -2.63. The van der Waals surface area contributed by atoms with Crippen LogP contribution in [0.15, 0.2) is 30.3 Å². The van der Waals surface area contributed by atoms with E-state index in [-0.39, 0.29) is 24.4 Å². The van der Waals surface area contributed by atoms with Gasteiger partial charge in [-0.2, -0.15) is 0 Å². The van der Waals surface area contributed by atoms with Gasteiger partial charge in [-0.1, -0.05) is 30.3 Å². The number of fused-ring (bicyclic) bond motifs is 1. The quantitative estimate of drug-likeness (QED) is 0.840. The second-order valence-corrected chi connectivity index (χ2v) is 5.36. The van der Waals surface area contributed by atoms with Gasteiger partial charge in [-0.25, -0.2) is 0 Å². The fraction of sp³-hybridized carbons (Fsp3) is 0.625. The summed E-state index contributed by atoms with van der Waals surface area (Å²) in [5, 5.41) is 0. The van der Waals surface area contributed by atoms with E-state index in [0.29, 0.717) is 6.61 Å². The molecule has 2 aliphatic rings. The molecule has 6 atom stereocenters. The first-order chi connectivity index (χ1) is 10.8. The highest BCUT2D eigenvalue weighted by molar-refractivity contribution is 5.16. The van der Waals surface area contributed by atoms with Gasteiger partial charge in [0.1, 0.15) is 24.4 Å². The van der Waals surface area contributed by atoms with Crippen molar-refractivity contribution in [1.82, 2.24) is 0 Å². The maximum atomic E-state index is 6.10. The van der Waals surface area contributed by atoms with Gasteiger partial charge >= 0.3 is 0 Å². The average molecular weight is 310 g/mol. The second kappa shape index (κ2) is 7.04. The largest absolute Gasteiger partial charge is 0.376 e. The van der Waals surface area contributed by atoms with Gasteiger partial charge in [0.2, 0.25) is 0 Å². The molecule has 2 saturated heterocycles. The summed E-state index contributed by atoms with van der Waals surface area (Å²) in [6.45, 7) is 0.417. The van der Waals surface area contributed by atoms with E-state index in [4.69, 9.17) is 28.4 Å². The molecule has 0 saturated carbocycles. The van der Waals surface area contributed by atoms with Gasteiger partial charge in [-0.3, -0.25) is 0 Å². The van der Waals surface area contributed by atoms with E-state index in [2.05, 4.69) is 0 Å². The first kappa shape index (κ1) is 15.9. The van der Waals surface area contributed by atoms with E-state index < -0.39 is 12.6 Å². The maximum Gasteiger partial charge on any atom is 0.186 e. The Morgan fingerprint density at radius 2 is 1.64 bits per heavy atom. The highest BCUT2D eigenvalue weighted by atomic mass is 16.8. The van der Waals surface area contributed by atoms with E-state index >= 15 is 0 Å². The molecule has 1 aromatic rings. The zero-order valence-electron chi connectivity index (χ0n) is 13.0.